The van der Waals surface area contributed by atoms with Gasteiger partial charge in [-0.15, -0.1) is 0 Å². The molecule has 28 heavy (non-hydrogen) atoms. The van der Waals surface area contributed by atoms with E-state index in [4.69, 9.17) is 0 Å². The lowest BCUT2D eigenvalue weighted by molar-refractivity contribution is -0.125. The Bertz CT molecular complexity index is 575. The van der Waals surface area contributed by atoms with Gasteiger partial charge >= 0.3 is 0 Å². The van der Waals surface area contributed by atoms with Gasteiger partial charge in [-0.25, -0.2) is 4.98 Å². The van der Waals surface area contributed by atoms with Crippen LogP contribution in [-0.4, -0.2) is 55.1 Å². The number of pyridine rings is 1. The van der Waals surface area contributed by atoms with Crippen molar-refractivity contribution >= 4 is 23.9 Å². The first-order chi connectivity index (χ1) is 13.8. The van der Waals surface area contributed by atoms with Gasteiger partial charge in [0.05, 0.1) is 0 Å². The Morgan fingerprint density at radius 1 is 1.18 bits per heavy atom. The predicted molar refractivity (Wildman–Crippen MR) is 115 cm³/mol. The van der Waals surface area contributed by atoms with E-state index < -0.39 is 0 Å². The SMILES string of the molecule is CC.O=C(NCCCN1CCN(c2cccc(SF)n2)CC1)C1CCCCC1. The third-order valence-electron chi connectivity index (χ3n) is 5.41. The van der Waals surface area contributed by atoms with Crippen LogP contribution in [0.3, 0.4) is 0 Å². The number of hydrogen-bond acceptors (Lipinski definition) is 5. The molecule has 158 valence electrons. The number of rotatable bonds is 7. The molecule has 0 bridgehead atoms. The molecule has 2 heterocycles. The highest BCUT2D eigenvalue weighted by Gasteiger charge is 2.21. The van der Waals surface area contributed by atoms with Crippen molar-refractivity contribution in [1.29, 1.82) is 0 Å². The van der Waals surface area contributed by atoms with Crippen molar-refractivity contribution in [2.45, 2.75) is 57.4 Å². The van der Waals surface area contributed by atoms with Crippen molar-refractivity contribution in [1.82, 2.24) is 15.2 Å². The molecule has 7 heteroatoms. The number of nitrogens with one attached hydrogen (secondary N) is 1. The lowest BCUT2D eigenvalue weighted by Crippen LogP contribution is -2.47. The molecule has 1 aromatic rings. The molecule has 0 aromatic carbocycles. The summed E-state index contributed by atoms with van der Waals surface area (Å²) in [7, 11) is 0. The Labute approximate surface area is 173 Å². The Morgan fingerprint density at radius 2 is 1.89 bits per heavy atom. The number of nitrogens with zero attached hydrogens (tertiary/aromatic N) is 3. The molecule has 1 N–H and O–H groups in total. The molecule has 0 atom stereocenters. The summed E-state index contributed by atoms with van der Waals surface area (Å²) in [6, 6.07) is 5.48. The zero-order valence-corrected chi connectivity index (χ0v) is 18.1. The van der Waals surface area contributed by atoms with Crippen molar-refractivity contribution in [2.24, 2.45) is 5.92 Å². The van der Waals surface area contributed by atoms with E-state index in [2.05, 4.69) is 20.1 Å². The van der Waals surface area contributed by atoms with E-state index in [0.29, 0.717) is 5.03 Å². The number of piperazine rings is 1. The van der Waals surface area contributed by atoms with Crippen LogP contribution in [-0.2, 0) is 4.79 Å². The Hall–Kier alpha value is -1.34. The van der Waals surface area contributed by atoms with E-state index in [-0.39, 0.29) is 24.0 Å². The minimum Gasteiger partial charge on any atom is -0.356 e. The van der Waals surface area contributed by atoms with E-state index in [9.17, 15) is 8.68 Å². The van der Waals surface area contributed by atoms with Crippen LogP contribution in [0.15, 0.2) is 23.2 Å². The Morgan fingerprint density at radius 3 is 2.57 bits per heavy atom. The third-order valence-corrected chi connectivity index (χ3v) is 5.80. The summed E-state index contributed by atoms with van der Waals surface area (Å²) in [5.41, 5.74) is 0. The smallest absolute Gasteiger partial charge is 0.223 e. The summed E-state index contributed by atoms with van der Waals surface area (Å²) in [5.74, 6) is 1.36. The number of hydrogen-bond donors (Lipinski definition) is 1. The normalized spacial score (nSPS) is 18.3. The summed E-state index contributed by atoms with van der Waals surface area (Å²) in [5, 5.41) is 3.53. The summed E-state index contributed by atoms with van der Waals surface area (Å²) in [4.78, 5) is 21.1. The van der Waals surface area contributed by atoms with Gasteiger partial charge in [0.25, 0.3) is 0 Å². The molecule has 2 aliphatic rings. The van der Waals surface area contributed by atoms with Crippen LogP contribution < -0.4 is 10.2 Å². The van der Waals surface area contributed by atoms with Crippen LogP contribution >= 0.6 is 12.1 Å². The molecule has 1 saturated heterocycles. The number of amides is 1. The van der Waals surface area contributed by atoms with E-state index in [0.717, 1.165) is 64.3 Å². The summed E-state index contributed by atoms with van der Waals surface area (Å²) in [6.45, 7) is 9.54. The highest BCUT2D eigenvalue weighted by Crippen LogP contribution is 2.23. The second-order valence-electron chi connectivity index (χ2n) is 7.22. The molecule has 1 aromatic heterocycles. The largest absolute Gasteiger partial charge is 0.356 e. The van der Waals surface area contributed by atoms with Crippen molar-refractivity contribution in [3.8, 4) is 0 Å². The molecule has 1 aliphatic heterocycles. The van der Waals surface area contributed by atoms with Crippen LogP contribution in [0.2, 0.25) is 0 Å². The van der Waals surface area contributed by atoms with Gasteiger partial charge < -0.3 is 10.2 Å². The maximum atomic E-state index is 12.7. The minimum absolute atomic E-state index is 0.191. The number of carbonyl (C=O) groups is 1. The lowest BCUT2D eigenvalue weighted by Gasteiger charge is -2.35. The molecule has 2 fully saturated rings. The molecule has 0 spiro atoms. The second kappa shape index (κ2) is 13.0. The summed E-state index contributed by atoms with van der Waals surface area (Å²) in [6.07, 6.45) is 6.79. The van der Waals surface area contributed by atoms with Gasteiger partial charge in [0.1, 0.15) is 23.0 Å². The first kappa shape index (κ1) is 22.9. The number of carbonyl (C=O) groups excluding carboxylic acids is 1. The third kappa shape index (κ3) is 7.24. The molecule has 1 saturated carbocycles. The molecule has 1 aliphatic carbocycles. The first-order valence-corrected chi connectivity index (χ1v) is 11.5. The fraction of sp³-hybridized carbons (Fsp3) is 0.714. The van der Waals surface area contributed by atoms with Gasteiger partial charge in [-0.05, 0) is 37.9 Å². The van der Waals surface area contributed by atoms with Gasteiger partial charge in [0, 0.05) is 38.6 Å². The minimum atomic E-state index is 0.191. The Kier molecular flexibility index (Phi) is 10.6. The van der Waals surface area contributed by atoms with Crippen molar-refractivity contribution in [3.63, 3.8) is 0 Å². The molecular formula is C21H35FN4OS. The van der Waals surface area contributed by atoms with Crippen LogP contribution in [0.4, 0.5) is 9.70 Å². The summed E-state index contributed by atoms with van der Waals surface area (Å²) < 4.78 is 12.7. The number of anilines is 1. The molecule has 0 radical (unpaired) electrons. The number of halogens is 1. The monoisotopic (exact) mass is 410 g/mol. The fourth-order valence-electron chi connectivity index (χ4n) is 3.85. The average molecular weight is 411 g/mol. The molecule has 5 nitrogen and oxygen atoms in total. The zero-order chi connectivity index (χ0) is 20.2. The van der Waals surface area contributed by atoms with E-state index in [1.54, 1.807) is 6.07 Å². The maximum absolute atomic E-state index is 12.7. The number of aromatic nitrogens is 1. The second-order valence-corrected chi connectivity index (χ2v) is 7.79. The van der Waals surface area contributed by atoms with Crippen molar-refractivity contribution in [3.05, 3.63) is 18.2 Å². The molecular weight excluding hydrogens is 375 g/mol. The zero-order valence-electron chi connectivity index (χ0n) is 17.3. The maximum Gasteiger partial charge on any atom is 0.223 e. The molecule has 3 rings (SSSR count). The van der Waals surface area contributed by atoms with E-state index >= 15 is 0 Å². The molecule has 1 amide bonds. The van der Waals surface area contributed by atoms with Crippen LogP contribution in [0.1, 0.15) is 52.4 Å². The van der Waals surface area contributed by atoms with Crippen LogP contribution in [0.25, 0.3) is 0 Å². The fourth-order valence-corrected chi connectivity index (χ4v) is 4.10. The quantitative estimate of drug-likeness (QED) is 0.680. The highest BCUT2D eigenvalue weighted by atomic mass is 32.2. The van der Waals surface area contributed by atoms with Crippen molar-refractivity contribution in [2.75, 3.05) is 44.2 Å². The lowest BCUT2D eigenvalue weighted by atomic mass is 9.89. The van der Waals surface area contributed by atoms with Crippen LogP contribution in [0, 0.1) is 5.92 Å². The van der Waals surface area contributed by atoms with E-state index in [1.165, 1.54) is 19.3 Å². The predicted octanol–water partition coefficient (Wildman–Crippen LogP) is 4.29. The Balaban J connectivity index is 0.00000136. The van der Waals surface area contributed by atoms with Gasteiger partial charge in [-0.2, -0.15) is 3.89 Å². The van der Waals surface area contributed by atoms with Crippen LogP contribution in [0.5, 0.6) is 0 Å². The molecule has 0 unspecified atom stereocenters. The van der Waals surface area contributed by atoms with Gasteiger partial charge in [0.15, 0.2) is 0 Å². The van der Waals surface area contributed by atoms with Gasteiger partial charge in [-0.3, -0.25) is 9.69 Å². The topological polar surface area (TPSA) is 48.5 Å². The van der Waals surface area contributed by atoms with Gasteiger partial charge in [0.2, 0.25) is 5.91 Å². The average Bonchev–Trinajstić information content (AvgIpc) is 2.79. The first-order valence-electron chi connectivity index (χ1n) is 10.8. The van der Waals surface area contributed by atoms with Crippen molar-refractivity contribution < 1.29 is 8.68 Å². The summed E-state index contributed by atoms with van der Waals surface area (Å²) >= 11 is 0.191. The standard InChI is InChI=1S/C19H29FN4OS.C2H6/c20-26-18-9-4-8-17(22-18)24-14-12-23(13-15-24)11-5-10-21-19(25)16-6-2-1-3-7-16;1-2/h4,8-9,16H,1-3,5-7,10-15H2,(H,21,25);1-2H3. The highest BCUT2D eigenvalue weighted by molar-refractivity contribution is 7.94. The van der Waals surface area contributed by atoms with E-state index in [1.807, 2.05) is 26.0 Å². The van der Waals surface area contributed by atoms with Gasteiger partial charge in [-0.1, -0.05) is 39.2 Å².